The van der Waals surface area contributed by atoms with Crippen molar-refractivity contribution < 1.29 is 9.59 Å². The van der Waals surface area contributed by atoms with Crippen molar-refractivity contribution in [3.8, 4) is 0 Å². The molecular formula is C23H26N4O2. The van der Waals surface area contributed by atoms with Gasteiger partial charge >= 0.3 is 0 Å². The van der Waals surface area contributed by atoms with E-state index in [0.29, 0.717) is 5.69 Å². The van der Waals surface area contributed by atoms with Crippen LogP contribution in [0, 0.1) is 0 Å². The smallest absolute Gasteiger partial charge is 0.274 e. The van der Waals surface area contributed by atoms with Crippen LogP contribution >= 0.6 is 0 Å². The van der Waals surface area contributed by atoms with Gasteiger partial charge in [0.1, 0.15) is 5.69 Å². The fourth-order valence-corrected chi connectivity index (χ4v) is 3.91. The van der Waals surface area contributed by atoms with Gasteiger partial charge < -0.3 is 4.57 Å². The van der Waals surface area contributed by atoms with Crippen LogP contribution < -0.4 is 5.32 Å². The Kier molecular flexibility index (Phi) is 5.74. The van der Waals surface area contributed by atoms with Gasteiger partial charge in [-0.3, -0.25) is 24.7 Å². The maximum absolute atomic E-state index is 12.3. The zero-order valence-corrected chi connectivity index (χ0v) is 16.7. The summed E-state index contributed by atoms with van der Waals surface area (Å²) in [4.78, 5) is 28.9. The standard InChI is InChI=1S/C23H26N4O2/c1-25-11-5-10-21(25)23(29)24-22(28)17-27-14-12-26(13-15-27)16-19-8-4-7-18-6-2-3-9-20(18)19/h2-11H,12-17H2,1H3,(H,24,28,29). The van der Waals surface area contributed by atoms with E-state index in [9.17, 15) is 9.59 Å². The van der Waals surface area contributed by atoms with Crippen LogP contribution in [0.15, 0.2) is 60.8 Å². The monoisotopic (exact) mass is 390 g/mol. The maximum Gasteiger partial charge on any atom is 0.274 e. The van der Waals surface area contributed by atoms with E-state index >= 15 is 0 Å². The van der Waals surface area contributed by atoms with Crippen LogP contribution in [0.25, 0.3) is 10.8 Å². The number of carbonyl (C=O) groups excluding carboxylic acids is 2. The average Bonchev–Trinajstić information content (AvgIpc) is 3.16. The summed E-state index contributed by atoms with van der Waals surface area (Å²) in [5, 5.41) is 5.06. The van der Waals surface area contributed by atoms with Crippen LogP contribution in [0.3, 0.4) is 0 Å². The molecule has 6 heteroatoms. The fraction of sp³-hybridized carbons (Fsp3) is 0.304. The Hall–Kier alpha value is -2.96. The summed E-state index contributed by atoms with van der Waals surface area (Å²) in [5.74, 6) is -0.601. The second-order valence-electron chi connectivity index (χ2n) is 7.57. The first kappa shape index (κ1) is 19.4. The van der Waals surface area contributed by atoms with Gasteiger partial charge in [0.15, 0.2) is 0 Å². The molecule has 2 aromatic carbocycles. The molecule has 1 aliphatic heterocycles. The number of imide groups is 1. The van der Waals surface area contributed by atoms with E-state index in [1.165, 1.54) is 16.3 Å². The Labute approximate surface area is 170 Å². The lowest BCUT2D eigenvalue weighted by Crippen LogP contribution is -2.49. The van der Waals surface area contributed by atoms with E-state index in [0.717, 1.165) is 32.7 Å². The number of aryl methyl sites for hydroxylation is 1. The van der Waals surface area contributed by atoms with Crippen molar-refractivity contribution in [3.05, 3.63) is 72.1 Å². The van der Waals surface area contributed by atoms with Gasteiger partial charge in [0.25, 0.3) is 5.91 Å². The molecule has 1 N–H and O–H groups in total. The summed E-state index contributed by atoms with van der Waals surface area (Å²) in [6.45, 7) is 4.60. The SMILES string of the molecule is Cn1cccc1C(=O)NC(=O)CN1CCN(Cc2cccc3ccccc23)CC1. The number of carbonyl (C=O) groups is 2. The zero-order valence-electron chi connectivity index (χ0n) is 16.7. The molecule has 1 saturated heterocycles. The molecule has 0 saturated carbocycles. The summed E-state index contributed by atoms with van der Waals surface area (Å²) in [6, 6.07) is 18.4. The summed E-state index contributed by atoms with van der Waals surface area (Å²) in [5.41, 5.74) is 1.82. The molecule has 1 fully saturated rings. The Bertz CT molecular complexity index is 1010. The number of fused-ring (bicyclic) bond motifs is 1. The van der Waals surface area contributed by atoms with E-state index in [-0.39, 0.29) is 18.4 Å². The highest BCUT2D eigenvalue weighted by atomic mass is 16.2. The predicted octanol–water partition coefficient (Wildman–Crippen LogP) is 2.25. The molecule has 150 valence electrons. The molecule has 4 rings (SSSR count). The number of aromatic nitrogens is 1. The minimum absolute atomic E-state index is 0.248. The van der Waals surface area contributed by atoms with Gasteiger partial charge in [-0.1, -0.05) is 42.5 Å². The van der Waals surface area contributed by atoms with Crippen molar-refractivity contribution in [2.24, 2.45) is 7.05 Å². The van der Waals surface area contributed by atoms with Crippen LogP contribution in [0.4, 0.5) is 0 Å². The molecule has 1 aromatic heterocycles. The first-order valence-corrected chi connectivity index (χ1v) is 9.97. The van der Waals surface area contributed by atoms with E-state index in [1.54, 1.807) is 29.9 Å². The minimum Gasteiger partial charge on any atom is -0.347 e. The van der Waals surface area contributed by atoms with Gasteiger partial charge in [0.05, 0.1) is 6.54 Å². The number of hydrogen-bond acceptors (Lipinski definition) is 4. The van der Waals surface area contributed by atoms with Crippen molar-refractivity contribution >= 4 is 22.6 Å². The van der Waals surface area contributed by atoms with E-state index in [1.807, 2.05) is 0 Å². The molecule has 0 atom stereocenters. The third-order valence-electron chi connectivity index (χ3n) is 5.54. The molecule has 0 unspecified atom stereocenters. The number of piperazine rings is 1. The normalized spacial score (nSPS) is 15.5. The molecule has 0 aliphatic carbocycles. The minimum atomic E-state index is -0.350. The van der Waals surface area contributed by atoms with Crippen molar-refractivity contribution in [1.82, 2.24) is 19.7 Å². The predicted molar refractivity (Wildman–Crippen MR) is 114 cm³/mol. The van der Waals surface area contributed by atoms with Gasteiger partial charge in [-0.2, -0.15) is 0 Å². The number of benzene rings is 2. The third kappa shape index (κ3) is 4.55. The number of hydrogen-bond donors (Lipinski definition) is 1. The Morgan fingerprint density at radius 3 is 2.38 bits per heavy atom. The number of nitrogens with one attached hydrogen (secondary N) is 1. The van der Waals surface area contributed by atoms with Crippen LogP contribution in [-0.2, 0) is 18.4 Å². The highest BCUT2D eigenvalue weighted by Crippen LogP contribution is 2.20. The van der Waals surface area contributed by atoms with Crippen molar-refractivity contribution in [2.45, 2.75) is 6.54 Å². The molecular weight excluding hydrogens is 364 g/mol. The molecule has 2 heterocycles. The Morgan fingerprint density at radius 2 is 1.62 bits per heavy atom. The molecule has 1 aliphatic rings. The lowest BCUT2D eigenvalue weighted by Gasteiger charge is -2.34. The van der Waals surface area contributed by atoms with Crippen LogP contribution in [0.5, 0.6) is 0 Å². The Morgan fingerprint density at radius 1 is 0.897 bits per heavy atom. The third-order valence-corrected chi connectivity index (χ3v) is 5.54. The zero-order chi connectivity index (χ0) is 20.2. The van der Waals surface area contributed by atoms with Crippen molar-refractivity contribution in [3.63, 3.8) is 0 Å². The van der Waals surface area contributed by atoms with Crippen molar-refractivity contribution in [1.29, 1.82) is 0 Å². The quantitative estimate of drug-likeness (QED) is 0.726. The highest BCUT2D eigenvalue weighted by Gasteiger charge is 2.21. The van der Waals surface area contributed by atoms with Crippen LogP contribution in [0.2, 0.25) is 0 Å². The molecule has 6 nitrogen and oxygen atoms in total. The fourth-order valence-electron chi connectivity index (χ4n) is 3.91. The van der Waals surface area contributed by atoms with E-state index in [2.05, 4.69) is 57.6 Å². The van der Waals surface area contributed by atoms with Crippen LogP contribution in [0.1, 0.15) is 16.1 Å². The molecule has 0 spiro atoms. The summed E-state index contributed by atoms with van der Waals surface area (Å²) in [6.07, 6.45) is 1.79. The first-order valence-electron chi connectivity index (χ1n) is 9.97. The molecule has 0 bridgehead atoms. The summed E-state index contributed by atoms with van der Waals surface area (Å²) >= 11 is 0. The number of amides is 2. The highest BCUT2D eigenvalue weighted by molar-refractivity contribution is 6.04. The molecule has 29 heavy (non-hydrogen) atoms. The average molecular weight is 390 g/mol. The lowest BCUT2D eigenvalue weighted by atomic mass is 10.0. The summed E-state index contributed by atoms with van der Waals surface area (Å²) < 4.78 is 1.70. The molecule has 2 amide bonds. The van der Waals surface area contributed by atoms with Gasteiger partial charge in [0, 0.05) is 46.0 Å². The second kappa shape index (κ2) is 8.59. The second-order valence-corrected chi connectivity index (χ2v) is 7.57. The number of rotatable bonds is 5. The van der Waals surface area contributed by atoms with Gasteiger partial charge in [0.2, 0.25) is 5.91 Å². The largest absolute Gasteiger partial charge is 0.347 e. The lowest BCUT2D eigenvalue weighted by molar-refractivity contribution is -0.121. The first-order chi connectivity index (χ1) is 14.1. The van der Waals surface area contributed by atoms with E-state index < -0.39 is 0 Å². The van der Waals surface area contributed by atoms with Gasteiger partial charge in [-0.05, 0) is 28.5 Å². The molecule has 3 aromatic rings. The van der Waals surface area contributed by atoms with Crippen molar-refractivity contribution in [2.75, 3.05) is 32.7 Å². The summed E-state index contributed by atoms with van der Waals surface area (Å²) in [7, 11) is 1.79. The maximum atomic E-state index is 12.3. The van der Waals surface area contributed by atoms with E-state index in [4.69, 9.17) is 0 Å². The van der Waals surface area contributed by atoms with Crippen LogP contribution in [-0.4, -0.2) is 58.9 Å². The Balaban J connectivity index is 1.28. The number of nitrogens with zero attached hydrogens (tertiary/aromatic N) is 3. The molecule has 0 radical (unpaired) electrons. The van der Waals surface area contributed by atoms with Gasteiger partial charge in [-0.25, -0.2) is 0 Å². The topological polar surface area (TPSA) is 57.6 Å². The van der Waals surface area contributed by atoms with Gasteiger partial charge in [-0.15, -0.1) is 0 Å².